The number of likely N-dealkylation sites (tertiary alicyclic amines) is 1. The van der Waals surface area contributed by atoms with E-state index in [9.17, 15) is 9.59 Å². The minimum absolute atomic E-state index is 0.00956. The van der Waals surface area contributed by atoms with E-state index in [1.165, 1.54) is 11.3 Å². The van der Waals surface area contributed by atoms with Gasteiger partial charge in [0.05, 0.1) is 10.9 Å². The van der Waals surface area contributed by atoms with Crippen LogP contribution in [0, 0.1) is 5.92 Å². The molecule has 1 aromatic carbocycles. The summed E-state index contributed by atoms with van der Waals surface area (Å²) in [7, 11) is 0. The molecule has 3 rings (SSSR count). The van der Waals surface area contributed by atoms with Crippen LogP contribution in [-0.2, 0) is 16.1 Å². The highest BCUT2D eigenvalue weighted by Gasteiger charge is 2.29. The predicted octanol–water partition coefficient (Wildman–Crippen LogP) is 4.70. The highest BCUT2D eigenvalue weighted by atomic mass is 35.5. The molecule has 1 fully saturated rings. The van der Waals surface area contributed by atoms with Crippen molar-refractivity contribution in [2.24, 2.45) is 5.92 Å². The van der Waals surface area contributed by atoms with E-state index in [0.717, 1.165) is 14.8 Å². The molecule has 1 aliphatic heterocycles. The molecule has 0 saturated carbocycles. The lowest BCUT2D eigenvalue weighted by atomic mass is 9.95. The van der Waals surface area contributed by atoms with Gasteiger partial charge in [-0.2, -0.15) is 0 Å². The van der Waals surface area contributed by atoms with Crippen LogP contribution in [0.1, 0.15) is 30.2 Å². The number of thiophene rings is 1. The number of hydrogen-bond donors (Lipinski definition) is 0. The molecule has 2 heterocycles. The van der Waals surface area contributed by atoms with Gasteiger partial charge in [0.1, 0.15) is 0 Å². The molecule has 0 radical (unpaired) electrons. The average Bonchev–Trinajstić information content (AvgIpc) is 3.15. The van der Waals surface area contributed by atoms with E-state index in [-0.39, 0.29) is 17.7 Å². The maximum Gasteiger partial charge on any atom is 0.246 e. The fourth-order valence-corrected chi connectivity index (χ4v) is 4.52. The van der Waals surface area contributed by atoms with Gasteiger partial charge in [-0.25, -0.2) is 0 Å². The summed E-state index contributed by atoms with van der Waals surface area (Å²) < 4.78 is 0.744. The van der Waals surface area contributed by atoms with Crippen molar-refractivity contribution in [2.45, 2.75) is 26.3 Å². The molecule has 1 aromatic heterocycles. The van der Waals surface area contributed by atoms with Gasteiger partial charge < -0.3 is 9.80 Å². The van der Waals surface area contributed by atoms with Gasteiger partial charge >= 0.3 is 0 Å². The van der Waals surface area contributed by atoms with Gasteiger partial charge in [-0.3, -0.25) is 9.59 Å². The number of halogens is 1. The van der Waals surface area contributed by atoms with Gasteiger partial charge in [-0.1, -0.05) is 41.9 Å². The molecule has 28 heavy (non-hydrogen) atoms. The van der Waals surface area contributed by atoms with Crippen LogP contribution in [0.2, 0.25) is 4.34 Å². The lowest BCUT2D eigenvalue weighted by Crippen LogP contribution is -2.43. The Morgan fingerprint density at radius 2 is 1.89 bits per heavy atom. The molecule has 0 aliphatic carbocycles. The summed E-state index contributed by atoms with van der Waals surface area (Å²) in [5.74, 6) is 0.173. The SMILES string of the molecule is CCN(Cc1ccc(Cl)s1)C(=O)C1CCN(C(=O)/C=C/c2ccccc2)CC1. The van der Waals surface area contributed by atoms with E-state index in [0.29, 0.717) is 39.0 Å². The van der Waals surface area contributed by atoms with Gasteiger partial charge in [0.2, 0.25) is 11.8 Å². The fraction of sp³-hybridized carbons (Fsp3) is 0.364. The van der Waals surface area contributed by atoms with Crippen LogP contribution in [0.15, 0.2) is 48.5 Å². The van der Waals surface area contributed by atoms with Crippen molar-refractivity contribution in [3.63, 3.8) is 0 Å². The quantitative estimate of drug-likeness (QED) is 0.640. The third-order valence-corrected chi connectivity index (χ3v) is 6.26. The topological polar surface area (TPSA) is 40.6 Å². The van der Waals surface area contributed by atoms with Gasteiger partial charge in [0.15, 0.2) is 0 Å². The van der Waals surface area contributed by atoms with Crippen molar-refractivity contribution in [3.8, 4) is 0 Å². The second-order valence-corrected chi connectivity index (χ2v) is 8.70. The second-order valence-electron chi connectivity index (χ2n) is 6.90. The number of amides is 2. The normalized spacial score (nSPS) is 15.1. The number of rotatable bonds is 6. The summed E-state index contributed by atoms with van der Waals surface area (Å²) >= 11 is 7.51. The molecule has 1 saturated heterocycles. The van der Waals surface area contributed by atoms with E-state index in [4.69, 9.17) is 11.6 Å². The molecule has 0 N–H and O–H groups in total. The van der Waals surface area contributed by atoms with Crippen LogP contribution in [0.5, 0.6) is 0 Å². The zero-order chi connectivity index (χ0) is 19.9. The summed E-state index contributed by atoms with van der Waals surface area (Å²) in [5, 5.41) is 0. The molecule has 0 bridgehead atoms. The van der Waals surface area contributed by atoms with Crippen molar-refractivity contribution < 1.29 is 9.59 Å². The molecule has 0 atom stereocenters. The third-order valence-electron chi connectivity index (χ3n) is 5.04. The molecule has 0 unspecified atom stereocenters. The average molecular weight is 417 g/mol. The maximum absolute atomic E-state index is 12.9. The van der Waals surface area contributed by atoms with Crippen LogP contribution >= 0.6 is 22.9 Å². The van der Waals surface area contributed by atoms with Crippen LogP contribution in [0.3, 0.4) is 0 Å². The van der Waals surface area contributed by atoms with E-state index in [2.05, 4.69) is 0 Å². The lowest BCUT2D eigenvalue weighted by molar-refractivity contribution is -0.139. The molecular formula is C22H25ClN2O2S. The van der Waals surface area contributed by atoms with Gasteiger partial charge in [0, 0.05) is 36.5 Å². The first-order valence-electron chi connectivity index (χ1n) is 9.62. The number of nitrogens with zero attached hydrogens (tertiary/aromatic N) is 2. The monoisotopic (exact) mass is 416 g/mol. The predicted molar refractivity (Wildman–Crippen MR) is 115 cm³/mol. The third kappa shape index (κ3) is 5.46. The first-order chi connectivity index (χ1) is 13.6. The summed E-state index contributed by atoms with van der Waals surface area (Å²) in [4.78, 5) is 30.1. The van der Waals surface area contributed by atoms with Gasteiger partial charge in [-0.05, 0) is 43.5 Å². The summed E-state index contributed by atoms with van der Waals surface area (Å²) in [6.07, 6.45) is 4.89. The number of carbonyl (C=O) groups is 2. The van der Waals surface area contributed by atoms with Crippen molar-refractivity contribution >= 4 is 40.8 Å². The first kappa shape index (κ1) is 20.6. The summed E-state index contributed by atoms with van der Waals surface area (Å²) in [6, 6.07) is 13.6. The maximum atomic E-state index is 12.9. The minimum atomic E-state index is -0.0162. The molecular weight excluding hydrogens is 392 g/mol. The molecule has 6 heteroatoms. The molecule has 0 spiro atoms. The zero-order valence-electron chi connectivity index (χ0n) is 16.0. The van der Waals surface area contributed by atoms with Crippen LogP contribution in [-0.4, -0.2) is 41.2 Å². The number of piperidine rings is 1. The Kier molecular flexibility index (Phi) is 7.29. The highest BCUT2D eigenvalue weighted by Crippen LogP contribution is 2.25. The molecule has 2 aromatic rings. The highest BCUT2D eigenvalue weighted by molar-refractivity contribution is 7.16. The number of benzene rings is 1. The fourth-order valence-electron chi connectivity index (χ4n) is 3.41. The number of carbonyl (C=O) groups excluding carboxylic acids is 2. The van der Waals surface area contributed by atoms with E-state index in [1.54, 1.807) is 6.08 Å². The van der Waals surface area contributed by atoms with Crippen molar-refractivity contribution in [1.82, 2.24) is 9.80 Å². The van der Waals surface area contributed by atoms with Crippen LogP contribution in [0.4, 0.5) is 0 Å². The molecule has 148 valence electrons. The number of hydrogen-bond acceptors (Lipinski definition) is 3. The molecule has 1 aliphatic rings. The zero-order valence-corrected chi connectivity index (χ0v) is 17.6. The van der Waals surface area contributed by atoms with E-state index in [1.807, 2.05) is 65.3 Å². The largest absolute Gasteiger partial charge is 0.339 e. The van der Waals surface area contributed by atoms with Crippen molar-refractivity contribution in [2.75, 3.05) is 19.6 Å². The van der Waals surface area contributed by atoms with E-state index < -0.39 is 0 Å². The van der Waals surface area contributed by atoms with E-state index >= 15 is 0 Å². The molecule has 4 nitrogen and oxygen atoms in total. The van der Waals surface area contributed by atoms with Crippen molar-refractivity contribution in [3.05, 3.63) is 63.3 Å². The Morgan fingerprint density at radius 1 is 1.18 bits per heavy atom. The van der Waals surface area contributed by atoms with Crippen molar-refractivity contribution in [1.29, 1.82) is 0 Å². The summed E-state index contributed by atoms with van der Waals surface area (Å²) in [6.45, 7) is 4.52. The second kappa shape index (κ2) is 9.89. The lowest BCUT2D eigenvalue weighted by Gasteiger charge is -2.33. The van der Waals surface area contributed by atoms with Gasteiger partial charge in [0.25, 0.3) is 0 Å². The first-order valence-corrected chi connectivity index (χ1v) is 10.8. The molecule has 2 amide bonds. The Balaban J connectivity index is 1.51. The Labute approximate surface area is 175 Å². The smallest absolute Gasteiger partial charge is 0.246 e. The Hall–Kier alpha value is -2.11. The van der Waals surface area contributed by atoms with Gasteiger partial charge in [-0.15, -0.1) is 11.3 Å². The van der Waals surface area contributed by atoms with Crippen LogP contribution < -0.4 is 0 Å². The summed E-state index contributed by atoms with van der Waals surface area (Å²) in [5.41, 5.74) is 1.01. The standard InChI is InChI=1S/C22H25ClN2O2S/c1-2-24(16-19-9-10-20(23)28-19)22(27)18-12-14-25(15-13-18)21(26)11-8-17-6-4-3-5-7-17/h3-11,18H,2,12-16H2,1H3/b11-8+. The Bertz CT molecular complexity index is 826. The Morgan fingerprint density at radius 3 is 2.50 bits per heavy atom. The van der Waals surface area contributed by atoms with Crippen LogP contribution in [0.25, 0.3) is 6.08 Å². The minimum Gasteiger partial charge on any atom is -0.339 e.